The molecule has 1 aliphatic heterocycles. The summed E-state index contributed by atoms with van der Waals surface area (Å²) < 4.78 is 13.2. The van der Waals surface area contributed by atoms with Gasteiger partial charge in [0, 0.05) is 12.4 Å². The number of nitrogens with zero attached hydrogens (tertiary/aromatic N) is 1. The number of benzene rings is 1. The molecule has 6 heteroatoms. The third-order valence-electron chi connectivity index (χ3n) is 2.60. The monoisotopic (exact) mass is 287 g/mol. The molecule has 2 rings (SSSR count). The van der Waals surface area contributed by atoms with E-state index in [-0.39, 0.29) is 5.82 Å². The SMILES string of the molecule is O=C1SC(c2cccc(F)c2)N(CCCCl)C1=O. The highest BCUT2D eigenvalue weighted by Crippen LogP contribution is 2.39. The molecule has 0 bridgehead atoms. The average molecular weight is 288 g/mol. The van der Waals surface area contributed by atoms with Crippen LogP contribution in [0.3, 0.4) is 0 Å². The molecule has 1 aromatic rings. The standard InChI is InChI=1S/C12H11ClFNO2S/c13-5-2-6-15-10(16)12(17)18-11(15)8-3-1-4-9(14)7-8/h1,3-4,7,11H,2,5-6H2. The molecule has 0 aliphatic carbocycles. The van der Waals surface area contributed by atoms with Crippen LogP contribution in [0.4, 0.5) is 4.39 Å². The number of carbonyl (C=O) groups is 2. The van der Waals surface area contributed by atoms with Gasteiger partial charge in [0.2, 0.25) is 0 Å². The van der Waals surface area contributed by atoms with Crippen LogP contribution in [-0.2, 0) is 9.59 Å². The molecular weight excluding hydrogens is 277 g/mol. The van der Waals surface area contributed by atoms with Crippen molar-refractivity contribution in [3.05, 3.63) is 35.6 Å². The van der Waals surface area contributed by atoms with Gasteiger partial charge in [-0.15, -0.1) is 11.6 Å². The predicted molar refractivity (Wildman–Crippen MR) is 68.8 cm³/mol. The Labute approximate surface area is 113 Å². The Kier molecular flexibility index (Phi) is 4.24. The van der Waals surface area contributed by atoms with Crippen molar-refractivity contribution in [3.8, 4) is 0 Å². The smallest absolute Gasteiger partial charge is 0.302 e. The maximum Gasteiger partial charge on any atom is 0.302 e. The van der Waals surface area contributed by atoms with Gasteiger partial charge in [0.15, 0.2) is 0 Å². The van der Waals surface area contributed by atoms with Crippen LogP contribution < -0.4 is 0 Å². The van der Waals surface area contributed by atoms with Crippen LogP contribution in [0.15, 0.2) is 24.3 Å². The van der Waals surface area contributed by atoms with Gasteiger partial charge in [-0.25, -0.2) is 4.39 Å². The fourth-order valence-corrected chi connectivity index (χ4v) is 2.95. The molecule has 1 amide bonds. The summed E-state index contributed by atoms with van der Waals surface area (Å²) in [6.45, 7) is 0.405. The van der Waals surface area contributed by atoms with Crippen LogP contribution in [0.2, 0.25) is 0 Å². The molecule has 0 spiro atoms. The summed E-state index contributed by atoms with van der Waals surface area (Å²) in [6.07, 6.45) is 0.604. The Morgan fingerprint density at radius 2 is 2.17 bits per heavy atom. The zero-order valence-corrected chi connectivity index (χ0v) is 11.0. The quantitative estimate of drug-likeness (QED) is 0.631. The van der Waals surface area contributed by atoms with Gasteiger partial charge in [-0.1, -0.05) is 12.1 Å². The lowest BCUT2D eigenvalue weighted by Gasteiger charge is -2.22. The van der Waals surface area contributed by atoms with Gasteiger partial charge in [0.05, 0.1) is 0 Å². The summed E-state index contributed by atoms with van der Waals surface area (Å²) in [5.41, 5.74) is 0.619. The van der Waals surface area contributed by atoms with E-state index in [0.717, 1.165) is 11.8 Å². The Bertz CT molecular complexity index is 483. The lowest BCUT2D eigenvalue weighted by Crippen LogP contribution is -2.30. The Morgan fingerprint density at radius 1 is 1.39 bits per heavy atom. The molecule has 0 radical (unpaired) electrons. The lowest BCUT2D eigenvalue weighted by molar-refractivity contribution is -0.139. The summed E-state index contributed by atoms with van der Waals surface area (Å²) in [6, 6.07) is 5.95. The maximum atomic E-state index is 13.2. The fraction of sp³-hybridized carbons (Fsp3) is 0.333. The molecule has 1 heterocycles. The minimum absolute atomic E-state index is 0.378. The molecule has 1 aliphatic rings. The van der Waals surface area contributed by atoms with Gasteiger partial charge in [0.25, 0.3) is 5.12 Å². The first-order valence-electron chi connectivity index (χ1n) is 5.46. The number of alkyl halides is 1. The number of carbonyl (C=O) groups excluding carboxylic acids is 2. The van der Waals surface area contributed by atoms with Crippen molar-refractivity contribution in [2.45, 2.75) is 11.8 Å². The molecule has 18 heavy (non-hydrogen) atoms. The number of hydrogen-bond acceptors (Lipinski definition) is 3. The van der Waals surface area contributed by atoms with Gasteiger partial charge in [-0.05, 0) is 35.9 Å². The summed E-state index contributed by atoms with van der Waals surface area (Å²) in [5.74, 6) is -0.491. The van der Waals surface area contributed by atoms with Crippen LogP contribution >= 0.6 is 23.4 Å². The highest BCUT2D eigenvalue weighted by atomic mass is 35.5. The zero-order valence-electron chi connectivity index (χ0n) is 9.44. The van der Waals surface area contributed by atoms with Crippen molar-refractivity contribution >= 4 is 34.4 Å². The molecule has 1 unspecified atom stereocenters. The van der Waals surface area contributed by atoms with E-state index in [9.17, 15) is 14.0 Å². The largest absolute Gasteiger partial charge is 0.319 e. The van der Waals surface area contributed by atoms with Gasteiger partial charge in [0.1, 0.15) is 11.2 Å². The second-order valence-corrected chi connectivity index (χ2v) is 5.28. The highest BCUT2D eigenvalue weighted by Gasteiger charge is 2.39. The van der Waals surface area contributed by atoms with E-state index in [1.54, 1.807) is 12.1 Å². The van der Waals surface area contributed by atoms with E-state index >= 15 is 0 Å². The molecule has 0 saturated carbocycles. The first kappa shape index (κ1) is 13.4. The van der Waals surface area contributed by atoms with Crippen LogP contribution in [0.25, 0.3) is 0 Å². The number of amides is 1. The summed E-state index contributed by atoms with van der Waals surface area (Å²) >= 11 is 6.52. The number of rotatable bonds is 4. The van der Waals surface area contributed by atoms with Crippen molar-refractivity contribution in [1.29, 1.82) is 0 Å². The molecule has 0 aromatic heterocycles. The maximum absolute atomic E-state index is 13.2. The van der Waals surface area contributed by atoms with Crippen molar-refractivity contribution in [3.63, 3.8) is 0 Å². The van der Waals surface area contributed by atoms with Crippen LogP contribution in [-0.4, -0.2) is 28.3 Å². The van der Waals surface area contributed by atoms with Crippen LogP contribution in [0.1, 0.15) is 17.4 Å². The van der Waals surface area contributed by atoms with Gasteiger partial charge < -0.3 is 4.90 Å². The van der Waals surface area contributed by atoms with E-state index in [1.807, 2.05) is 0 Å². The number of hydrogen-bond donors (Lipinski definition) is 0. The molecule has 0 N–H and O–H groups in total. The minimum Gasteiger partial charge on any atom is -0.319 e. The van der Waals surface area contributed by atoms with E-state index < -0.39 is 16.4 Å². The van der Waals surface area contributed by atoms with Gasteiger partial charge in [-0.3, -0.25) is 9.59 Å². The minimum atomic E-state index is -0.528. The van der Waals surface area contributed by atoms with E-state index in [2.05, 4.69) is 0 Å². The second kappa shape index (κ2) is 5.71. The summed E-state index contributed by atoms with van der Waals surface area (Å²) in [4.78, 5) is 24.6. The Hall–Kier alpha value is -1.07. The Morgan fingerprint density at radius 3 is 2.83 bits per heavy atom. The summed E-state index contributed by atoms with van der Waals surface area (Å²) in [5, 5.41) is -0.942. The fourth-order valence-electron chi connectivity index (χ4n) is 1.80. The molecular formula is C12H11ClFNO2S. The Balaban J connectivity index is 2.24. The molecule has 96 valence electrons. The molecule has 1 atom stereocenters. The first-order chi connectivity index (χ1) is 8.63. The molecule has 1 fully saturated rings. The average Bonchev–Trinajstić information content (AvgIpc) is 2.64. The van der Waals surface area contributed by atoms with Crippen molar-refractivity contribution in [2.75, 3.05) is 12.4 Å². The van der Waals surface area contributed by atoms with Crippen molar-refractivity contribution in [2.24, 2.45) is 0 Å². The number of halogens is 2. The van der Waals surface area contributed by atoms with Gasteiger partial charge in [-0.2, -0.15) is 0 Å². The number of thioether (sulfide) groups is 1. The topological polar surface area (TPSA) is 37.4 Å². The van der Waals surface area contributed by atoms with Gasteiger partial charge >= 0.3 is 5.91 Å². The normalized spacial score (nSPS) is 19.7. The van der Waals surface area contributed by atoms with Crippen molar-refractivity contribution < 1.29 is 14.0 Å². The highest BCUT2D eigenvalue weighted by molar-refractivity contribution is 8.16. The summed E-state index contributed by atoms with van der Waals surface area (Å²) in [7, 11) is 0. The third kappa shape index (κ3) is 2.67. The molecule has 1 aromatic carbocycles. The predicted octanol–water partition coefficient (Wildman–Crippen LogP) is 2.56. The molecule has 1 saturated heterocycles. The van der Waals surface area contributed by atoms with Crippen molar-refractivity contribution in [1.82, 2.24) is 4.90 Å². The van der Waals surface area contributed by atoms with Crippen LogP contribution in [0, 0.1) is 5.82 Å². The zero-order chi connectivity index (χ0) is 13.1. The van der Waals surface area contributed by atoms with E-state index in [0.29, 0.717) is 24.4 Å². The molecule has 3 nitrogen and oxygen atoms in total. The van der Waals surface area contributed by atoms with E-state index in [1.165, 1.54) is 17.0 Å². The first-order valence-corrected chi connectivity index (χ1v) is 6.88. The van der Waals surface area contributed by atoms with Crippen LogP contribution in [0.5, 0.6) is 0 Å². The second-order valence-electron chi connectivity index (χ2n) is 3.85. The lowest BCUT2D eigenvalue weighted by atomic mass is 10.2. The third-order valence-corrected chi connectivity index (χ3v) is 4.01. The van der Waals surface area contributed by atoms with E-state index in [4.69, 9.17) is 11.6 Å².